The van der Waals surface area contributed by atoms with Crippen LogP contribution in [-0.2, 0) is 0 Å². The van der Waals surface area contributed by atoms with E-state index in [0.29, 0.717) is 48.4 Å². The Kier molecular flexibility index (Phi) is 7.98. The molecule has 7 nitrogen and oxygen atoms in total. The van der Waals surface area contributed by atoms with Crippen molar-refractivity contribution in [1.82, 2.24) is 19.6 Å². The highest BCUT2D eigenvalue weighted by Gasteiger charge is 2.34. The predicted octanol–water partition coefficient (Wildman–Crippen LogP) is 5.51. The second kappa shape index (κ2) is 11.4. The van der Waals surface area contributed by atoms with Crippen molar-refractivity contribution in [2.45, 2.75) is 19.7 Å². The first-order valence-corrected chi connectivity index (χ1v) is 12.1. The van der Waals surface area contributed by atoms with Crippen LogP contribution in [0.4, 0.5) is 13.2 Å². The molecular formula is C28H26F3N5O2. The van der Waals surface area contributed by atoms with Gasteiger partial charge < -0.3 is 15.0 Å². The Morgan fingerprint density at radius 2 is 1.79 bits per heavy atom. The number of aromatic nitrogens is 2. The summed E-state index contributed by atoms with van der Waals surface area (Å²) in [5, 5.41) is 12.0. The Labute approximate surface area is 218 Å². The van der Waals surface area contributed by atoms with Crippen molar-refractivity contribution in [2.75, 3.05) is 26.7 Å². The number of nitriles is 1. The van der Waals surface area contributed by atoms with Crippen molar-refractivity contribution in [3.8, 4) is 34.2 Å². The van der Waals surface area contributed by atoms with Crippen molar-refractivity contribution >= 4 is 11.6 Å². The molecule has 0 spiro atoms. The molecule has 0 atom stereocenters. The maximum absolute atomic E-state index is 13.3. The van der Waals surface area contributed by atoms with Crippen molar-refractivity contribution in [1.29, 1.82) is 5.26 Å². The number of rotatable bonds is 9. The summed E-state index contributed by atoms with van der Waals surface area (Å²) in [7, 11) is 1.74. The van der Waals surface area contributed by atoms with Crippen LogP contribution in [-0.4, -0.2) is 53.2 Å². The number of benzene rings is 2. The Morgan fingerprint density at radius 3 is 2.45 bits per heavy atom. The van der Waals surface area contributed by atoms with Crippen LogP contribution in [0.3, 0.4) is 0 Å². The van der Waals surface area contributed by atoms with Gasteiger partial charge in [0, 0.05) is 31.4 Å². The second-order valence-electron chi connectivity index (χ2n) is 8.63. The summed E-state index contributed by atoms with van der Waals surface area (Å²) >= 11 is 0. The number of hydrogen-bond acceptors (Lipinski definition) is 5. The quantitative estimate of drug-likeness (QED) is 0.314. The molecule has 2 aromatic heterocycles. The van der Waals surface area contributed by atoms with Gasteiger partial charge in [-0.25, -0.2) is 4.98 Å². The standard InChI is InChI=1S/C28H26F3N5O2/c1-3-13-35(14-12-33-2)27(37)23-10-8-21(15-25(23)38-28(29,30)31)22-9-11-26-34-17-24(36(26)18-22)20-6-4-19(16-32)5-7-20/h4-11,15,17-18,33H,3,12-14H2,1-2H3. The minimum Gasteiger partial charge on any atom is -0.405 e. The van der Waals surface area contributed by atoms with Crippen LogP contribution in [0.2, 0.25) is 0 Å². The van der Waals surface area contributed by atoms with Gasteiger partial charge >= 0.3 is 6.36 Å². The van der Waals surface area contributed by atoms with E-state index in [9.17, 15) is 18.0 Å². The molecule has 196 valence electrons. The first-order valence-electron chi connectivity index (χ1n) is 12.1. The normalized spacial score (nSPS) is 11.4. The van der Waals surface area contributed by atoms with Crippen LogP contribution in [0, 0.1) is 11.3 Å². The summed E-state index contributed by atoms with van der Waals surface area (Å²) in [6, 6.07) is 16.8. The lowest BCUT2D eigenvalue weighted by Crippen LogP contribution is -2.37. The Bertz CT molecular complexity index is 1470. The molecule has 1 N–H and O–H groups in total. The largest absolute Gasteiger partial charge is 0.573 e. The van der Waals surface area contributed by atoms with Gasteiger partial charge in [-0.3, -0.25) is 9.20 Å². The fourth-order valence-electron chi connectivity index (χ4n) is 4.17. The number of amides is 1. The number of halogens is 3. The smallest absolute Gasteiger partial charge is 0.405 e. The fourth-order valence-corrected chi connectivity index (χ4v) is 4.17. The minimum atomic E-state index is -4.97. The number of carbonyl (C=O) groups excluding carboxylic acids is 1. The fraction of sp³-hybridized carbons (Fsp3) is 0.250. The van der Waals surface area contributed by atoms with Gasteiger partial charge in [-0.2, -0.15) is 5.26 Å². The van der Waals surface area contributed by atoms with Gasteiger partial charge in [0.25, 0.3) is 5.91 Å². The van der Waals surface area contributed by atoms with E-state index in [1.807, 2.05) is 11.3 Å². The second-order valence-corrected chi connectivity index (χ2v) is 8.63. The molecule has 0 saturated heterocycles. The molecule has 0 radical (unpaired) electrons. The van der Waals surface area contributed by atoms with Crippen LogP contribution < -0.4 is 10.1 Å². The van der Waals surface area contributed by atoms with E-state index in [2.05, 4.69) is 21.1 Å². The summed E-state index contributed by atoms with van der Waals surface area (Å²) in [6.07, 6.45) is -0.852. The minimum absolute atomic E-state index is 0.155. The first kappa shape index (κ1) is 26.7. The van der Waals surface area contributed by atoms with E-state index >= 15 is 0 Å². The number of imidazole rings is 1. The van der Waals surface area contributed by atoms with Gasteiger partial charge in [0.05, 0.1) is 29.1 Å². The van der Waals surface area contributed by atoms with E-state index in [0.717, 1.165) is 11.3 Å². The van der Waals surface area contributed by atoms with Gasteiger partial charge in [-0.05, 0) is 61.0 Å². The number of alkyl halides is 3. The Balaban J connectivity index is 1.75. The van der Waals surface area contributed by atoms with Crippen molar-refractivity contribution in [3.05, 3.63) is 78.1 Å². The van der Waals surface area contributed by atoms with Crippen molar-refractivity contribution in [3.63, 3.8) is 0 Å². The molecule has 4 aromatic rings. The number of hydrogen-bond donors (Lipinski definition) is 1. The lowest BCUT2D eigenvalue weighted by Gasteiger charge is -2.24. The SMILES string of the molecule is CCCN(CCNC)C(=O)c1ccc(-c2ccc3ncc(-c4ccc(C#N)cc4)n3c2)cc1OC(F)(F)F. The molecule has 0 unspecified atom stereocenters. The maximum Gasteiger partial charge on any atom is 0.573 e. The molecule has 0 bridgehead atoms. The molecule has 0 aliphatic rings. The Hall–Kier alpha value is -4.36. The van der Waals surface area contributed by atoms with Crippen LogP contribution in [0.1, 0.15) is 29.3 Å². The highest BCUT2D eigenvalue weighted by molar-refractivity contribution is 5.97. The molecule has 2 heterocycles. The molecule has 0 saturated carbocycles. The number of fused-ring (bicyclic) bond motifs is 1. The predicted molar refractivity (Wildman–Crippen MR) is 138 cm³/mol. The lowest BCUT2D eigenvalue weighted by molar-refractivity contribution is -0.274. The number of likely N-dealkylation sites (N-methyl/N-ethyl adjacent to an activating group) is 1. The summed E-state index contributed by atoms with van der Waals surface area (Å²) in [6.45, 7) is 3.16. The van der Waals surface area contributed by atoms with E-state index in [4.69, 9.17) is 5.26 Å². The van der Waals surface area contributed by atoms with E-state index in [1.54, 1.807) is 61.9 Å². The topological polar surface area (TPSA) is 82.7 Å². The molecule has 0 fully saturated rings. The van der Waals surface area contributed by atoms with Crippen LogP contribution in [0.25, 0.3) is 28.0 Å². The molecule has 38 heavy (non-hydrogen) atoms. The summed E-state index contributed by atoms with van der Waals surface area (Å²) in [5.41, 5.74) is 3.65. The number of ether oxygens (including phenoxy) is 1. The molecule has 0 aliphatic carbocycles. The monoisotopic (exact) mass is 521 g/mol. The van der Waals surface area contributed by atoms with Crippen molar-refractivity contribution < 1.29 is 22.7 Å². The zero-order valence-electron chi connectivity index (χ0n) is 20.9. The van der Waals surface area contributed by atoms with Gasteiger partial charge in [-0.1, -0.05) is 25.1 Å². The van der Waals surface area contributed by atoms with E-state index in [-0.39, 0.29) is 5.56 Å². The number of nitrogens with zero attached hydrogens (tertiary/aromatic N) is 4. The molecule has 4 rings (SSSR count). The maximum atomic E-state index is 13.3. The highest BCUT2D eigenvalue weighted by Crippen LogP contribution is 2.33. The molecule has 10 heteroatoms. The summed E-state index contributed by atoms with van der Waals surface area (Å²) < 4.78 is 46.2. The zero-order valence-corrected chi connectivity index (χ0v) is 20.9. The Morgan fingerprint density at radius 1 is 1.08 bits per heavy atom. The third-order valence-corrected chi connectivity index (χ3v) is 6.00. The number of nitrogens with one attached hydrogen (secondary N) is 1. The highest BCUT2D eigenvalue weighted by atomic mass is 19.4. The van der Waals surface area contributed by atoms with E-state index < -0.39 is 18.0 Å². The molecule has 1 amide bonds. The third kappa shape index (κ3) is 5.95. The van der Waals surface area contributed by atoms with Crippen molar-refractivity contribution in [2.24, 2.45) is 0 Å². The lowest BCUT2D eigenvalue weighted by atomic mass is 10.0. The van der Waals surface area contributed by atoms with Crippen LogP contribution >= 0.6 is 0 Å². The van der Waals surface area contributed by atoms with Gasteiger partial charge in [0.15, 0.2) is 0 Å². The summed E-state index contributed by atoms with van der Waals surface area (Å²) in [5.74, 6) is -1.08. The molecular weight excluding hydrogens is 495 g/mol. The van der Waals surface area contributed by atoms with Crippen LogP contribution in [0.15, 0.2) is 67.0 Å². The first-order chi connectivity index (χ1) is 18.2. The molecule has 0 aliphatic heterocycles. The third-order valence-electron chi connectivity index (χ3n) is 6.00. The van der Waals surface area contributed by atoms with Gasteiger partial charge in [-0.15, -0.1) is 13.2 Å². The average Bonchev–Trinajstić information content (AvgIpc) is 3.33. The van der Waals surface area contributed by atoms with Gasteiger partial charge in [0.1, 0.15) is 11.4 Å². The van der Waals surface area contributed by atoms with Crippen LogP contribution in [0.5, 0.6) is 5.75 Å². The summed E-state index contributed by atoms with van der Waals surface area (Å²) in [4.78, 5) is 19.1. The average molecular weight is 522 g/mol. The zero-order chi connectivity index (χ0) is 27.3. The number of carbonyl (C=O) groups is 1. The number of pyridine rings is 1. The van der Waals surface area contributed by atoms with E-state index in [1.165, 1.54) is 17.0 Å². The van der Waals surface area contributed by atoms with Gasteiger partial charge in [0.2, 0.25) is 0 Å². The molecule has 2 aromatic carbocycles.